The third-order valence-corrected chi connectivity index (χ3v) is 4.20. The van der Waals surface area contributed by atoms with Gasteiger partial charge in [-0.3, -0.25) is 0 Å². The lowest BCUT2D eigenvalue weighted by atomic mass is 9.92. The summed E-state index contributed by atoms with van der Waals surface area (Å²) in [6.07, 6.45) is 2.58. The fourth-order valence-corrected chi connectivity index (χ4v) is 2.89. The van der Waals surface area contributed by atoms with E-state index < -0.39 is 0 Å². The minimum absolute atomic E-state index is 0.234. The Bertz CT molecular complexity index is 798. The Labute approximate surface area is 170 Å². The van der Waals surface area contributed by atoms with Crippen LogP contribution in [0.1, 0.15) is 41.7 Å². The van der Waals surface area contributed by atoms with E-state index in [0.717, 1.165) is 33.7 Å². The molecule has 0 atom stereocenters. The van der Waals surface area contributed by atoms with Gasteiger partial charge in [0.05, 0.1) is 7.11 Å². The van der Waals surface area contributed by atoms with Crippen molar-refractivity contribution in [3.63, 3.8) is 0 Å². The predicted molar refractivity (Wildman–Crippen MR) is 122 cm³/mol. The summed E-state index contributed by atoms with van der Waals surface area (Å²) < 4.78 is 19.2. The van der Waals surface area contributed by atoms with E-state index in [4.69, 9.17) is 4.74 Å². The van der Waals surface area contributed by atoms with Crippen LogP contribution >= 0.6 is 0 Å². The summed E-state index contributed by atoms with van der Waals surface area (Å²) in [5.41, 5.74) is 10.8. The van der Waals surface area contributed by atoms with E-state index in [2.05, 4.69) is 24.2 Å². The van der Waals surface area contributed by atoms with Gasteiger partial charge in [0.15, 0.2) is 0 Å². The minimum atomic E-state index is -0.234. The molecule has 0 fully saturated rings. The van der Waals surface area contributed by atoms with E-state index in [1.54, 1.807) is 20.1 Å². The Hall–Kier alpha value is -2.59. The highest BCUT2D eigenvalue weighted by Gasteiger charge is 2.16. The van der Waals surface area contributed by atoms with Crippen LogP contribution in [0, 0.1) is 26.6 Å². The quantitative estimate of drug-likeness (QED) is 0.583. The van der Waals surface area contributed by atoms with Gasteiger partial charge in [0, 0.05) is 16.9 Å². The van der Waals surface area contributed by atoms with Crippen LogP contribution in [0.3, 0.4) is 0 Å². The van der Waals surface area contributed by atoms with Crippen LogP contribution < -0.4 is 15.8 Å². The van der Waals surface area contributed by atoms with Crippen LogP contribution in [0.25, 0.3) is 5.70 Å². The van der Waals surface area contributed by atoms with Gasteiger partial charge in [-0.05, 0) is 74.7 Å². The van der Waals surface area contributed by atoms with Crippen LogP contribution in [0.4, 0.5) is 10.1 Å². The van der Waals surface area contributed by atoms with Crippen molar-refractivity contribution in [1.82, 2.24) is 0 Å². The molecule has 2 aromatic rings. The van der Waals surface area contributed by atoms with E-state index >= 15 is 0 Å². The third-order valence-electron chi connectivity index (χ3n) is 4.20. The molecule has 0 saturated heterocycles. The molecule has 4 heteroatoms. The van der Waals surface area contributed by atoms with E-state index in [9.17, 15) is 4.39 Å². The summed E-state index contributed by atoms with van der Waals surface area (Å²) in [5, 5.41) is 3.22. The van der Waals surface area contributed by atoms with Gasteiger partial charge in [-0.1, -0.05) is 32.6 Å². The standard InChI is InChI=1S/C21H24FNO.C2H6.CH5N/c1-7-8-18-15(4)20(24-6)11-14(3)21(18)16(5)23-17-10-9-13(2)19(22)12-17;2*1-2/h7,9-12,23H,1,5,8H2,2-4,6H3;1-2H3;2H2,1H3. The highest BCUT2D eigenvalue weighted by Crippen LogP contribution is 2.33. The second-order valence-corrected chi connectivity index (χ2v) is 5.93. The number of halogens is 1. The Morgan fingerprint density at radius 1 is 1.14 bits per heavy atom. The molecule has 0 bridgehead atoms. The molecule has 154 valence electrons. The van der Waals surface area contributed by atoms with Gasteiger partial charge in [-0.2, -0.15) is 0 Å². The summed E-state index contributed by atoms with van der Waals surface area (Å²) >= 11 is 0. The van der Waals surface area contributed by atoms with Crippen LogP contribution in [0.2, 0.25) is 0 Å². The first-order valence-corrected chi connectivity index (χ1v) is 9.47. The first kappa shape index (κ1) is 25.4. The van der Waals surface area contributed by atoms with Gasteiger partial charge in [-0.15, -0.1) is 6.58 Å². The van der Waals surface area contributed by atoms with E-state index in [1.807, 2.05) is 45.9 Å². The highest BCUT2D eigenvalue weighted by molar-refractivity contribution is 5.80. The monoisotopic (exact) mass is 386 g/mol. The summed E-state index contributed by atoms with van der Waals surface area (Å²) in [6.45, 7) is 17.8. The summed E-state index contributed by atoms with van der Waals surface area (Å²) in [4.78, 5) is 0. The van der Waals surface area contributed by atoms with Crippen LogP contribution in [-0.2, 0) is 6.42 Å². The molecule has 3 nitrogen and oxygen atoms in total. The number of benzene rings is 2. The number of hydrogen-bond donors (Lipinski definition) is 2. The van der Waals surface area contributed by atoms with E-state index in [-0.39, 0.29) is 5.82 Å². The predicted octanol–water partition coefficient (Wildman–Crippen LogP) is 6.17. The molecule has 0 amide bonds. The molecule has 0 aromatic heterocycles. The molecule has 0 aliphatic carbocycles. The summed E-state index contributed by atoms with van der Waals surface area (Å²) in [7, 11) is 3.17. The van der Waals surface area contributed by atoms with E-state index in [0.29, 0.717) is 17.7 Å². The van der Waals surface area contributed by atoms with Crippen molar-refractivity contribution < 1.29 is 9.13 Å². The Kier molecular flexibility index (Phi) is 11.6. The van der Waals surface area contributed by atoms with Crippen molar-refractivity contribution in [1.29, 1.82) is 0 Å². The molecule has 0 radical (unpaired) electrons. The lowest BCUT2D eigenvalue weighted by molar-refractivity contribution is 0.410. The van der Waals surface area contributed by atoms with Crippen molar-refractivity contribution in [2.45, 2.75) is 41.0 Å². The van der Waals surface area contributed by atoms with Gasteiger partial charge < -0.3 is 15.8 Å². The molecular formula is C24H35FN2O. The molecule has 0 unspecified atom stereocenters. The van der Waals surface area contributed by atoms with Crippen molar-refractivity contribution >= 4 is 11.4 Å². The topological polar surface area (TPSA) is 47.3 Å². The zero-order valence-corrected chi connectivity index (χ0v) is 18.4. The lowest BCUT2D eigenvalue weighted by Crippen LogP contribution is -2.07. The molecule has 0 aliphatic heterocycles. The molecule has 2 rings (SSSR count). The number of nitrogens with one attached hydrogen (secondary N) is 1. The molecule has 0 saturated carbocycles. The highest BCUT2D eigenvalue weighted by atomic mass is 19.1. The molecule has 0 heterocycles. The fourth-order valence-electron chi connectivity index (χ4n) is 2.89. The maximum absolute atomic E-state index is 13.8. The van der Waals surface area contributed by atoms with Crippen LogP contribution in [-0.4, -0.2) is 14.2 Å². The second-order valence-electron chi connectivity index (χ2n) is 5.93. The molecule has 0 aliphatic rings. The Morgan fingerprint density at radius 2 is 1.75 bits per heavy atom. The SMILES string of the molecule is C=CCc1c(C)c(OC)cc(C)c1C(=C)Nc1ccc(C)c(F)c1.CC.CN. The van der Waals surface area contributed by atoms with Crippen LogP contribution in [0.15, 0.2) is 43.5 Å². The average Bonchev–Trinajstić information content (AvgIpc) is 2.70. The number of nitrogens with two attached hydrogens (primary N) is 1. The van der Waals surface area contributed by atoms with Gasteiger partial charge >= 0.3 is 0 Å². The third kappa shape index (κ3) is 6.24. The average molecular weight is 387 g/mol. The Balaban J connectivity index is 0.00000171. The van der Waals surface area contributed by atoms with Crippen molar-refractivity contribution in [2.24, 2.45) is 5.73 Å². The second kappa shape index (κ2) is 12.7. The molecule has 28 heavy (non-hydrogen) atoms. The smallest absolute Gasteiger partial charge is 0.128 e. The summed E-state index contributed by atoms with van der Waals surface area (Å²) in [5.74, 6) is 0.615. The number of methoxy groups -OCH3 is 1. The maximum atomic E-state index is 13.8. The first-order chi connectivity index (χ1) is 13.4. The molecule has 0 spiro atoms. The van der Waals surface area contributed by atoms with Gasteiger partial charge in [0.1, 0.15) is 11.6 Å². The van der Waals surface area contributed by atoms with Crippen LogP contribution in [0.5, 0.6) is 5.75 Å². The zero-order valence-electron chi connectivity index (χ0n) is 18.4. The number of aryl methyl sites for hydroxylation is 2. The number of allylic oxidation sites excluding steroid dienone is 1. The van der Waals surface area contributed by atoms with Crippen molar-refractivity contribution in [3.8, 4) is 5.75 Å². The molecule has 2 aromatic carbocycles. The molecule has 3 N–H and O–H groups in total. The zero-order chi connectivity index (χ0) is 21.9. The van der Waals surface area contributed by atoms with Gasteiger partial charge in [0.25, 0.3) is 0 Å². The number of rotatable bonds is 6. The fraction of sp³-hybridized carbons (Fsp3) is 0.333. The Morgan fingerprint density at radius 3 is 2.25 bits per heavy atom. The van der Waals surface area contributed by atoms with Gasteiger partial charge in [0.2, 0.25) is 0 Å². The number of hydrogen-bond acceptors (Lipinski definition) is 3. The van der Waals surface area contributed by atoms with E-state index in [1.165, 1.54) is 13.1 Å². The normalized spacial score (nSPS) is 9.32. The van der Waals surface area contributed by atoms with Crippen molar-refractivity contribution in [3.05, 3.63) is 77.1 Å². The van der Waals surface area contributed by atoms with Gasteiger partial charge in [-0.25, -0.2) is 4.39 Å². The number of ether oxygens (including phenoxy) is 1. The largest absolute Gasteiger partial charge is 0.496 e. The maximum Gasteiger partial charge on any atom is 0.128 e. The summed E-state index contributed by atoms with van der Waals surface area (Å²) in [6, 6.07) is 7.09. The van der Waals surface area contributed by atoms with Crippen molar-refractivity contribution in [2.75, 3.05) is 19.5 Å². The molecular weight excluding hydrogens is 351 g/mol. The number of anilines is 1. The first-order valence-electron chi connectivity index (χ1n) is 9.47. The lowest BCUT2D eigenvalue weighted by Gasteiger charge is -2.20. The minimum Gasteiger partial charge on any atom is -0.496 e.